The van der Waals surface area contributed by atoms with Gasteiger partial charge in [0.25, 0.3) is 5.91 Å². The molecule has 0 atom stereocenters. The van der Waals surface area contributed by atoms with Crippen LogP contribution >= 0.6 is 23.4 Å². The van der Waals surface area contributed by atoms with Crippen molar-refractivity contribution in [1.29, 1.82) is 0 Å². The molecule has 2 rings (SSSR count). The van der Waals surface area contributed by atoms with Crippen molar-refractivity contribution >= 4 is 29.3 Å². The Morgan fingerprint density at radius 2 is 1.77 bits per heavy atom. The summed E-state index contributed by atoms with van der Waals surface area (Å²) in [6, 6.07) is 4.91. The number of nitrogens with one attached hydrogen (secondary N) is 1. The second-order valence-corrected chi connectivity index (χ2v) is 6.22. The maximum absolute atomic E-state index is 12.9. The van der Waals surface area contributed by atoms with Crippen LogP contribution in [-0.2, 0) is 12.4 Å². The van der Waals surface area contributed by atoms with E-state index in [9.17, 15) is 31.1 Å². The topological polar surface area (TPSA) is 42.0 Å². The predicted octanol–water partition coefficient (Wildman–Crippen LogP) is 5.25. The molecule has 1 N–H and O–H groups in total. The number of nitrogens with zero attached hydrogens (tertiary/aromatic N) is 1. The molecule has 0 bridgehead atoms. The van der Waals surface area contributed by atoms with Gasteiger partial charge in [-0.05, 0) is 18.2 Å². The van der Waals surface area contributed by atoms with Crippen molar-refractivity contribution in [3.8, 4) is 0 Å². The molecule has 3 nitrogen and oxygen atoms in total. The number of hydrogen-bond acceptors (Lipinski definition) is 3. The summed E-state index contributed by atoms with van der Waals surface area (Å²) in [4.78, 5) is 15.5. The molecule has 0 saturated heterocycles. The van der Waals surface area contributed by atoms with E-state index in [0.29, 0.717) is 12.3 Å². The van der Waals surface area contributed by atoms with Crippen molar-refractivity contribution in [3.05, 3.63) is 58.2 Å². The van der Waals surface area contributed by atoms with Crippen LogP contribution in [0.2, 0.25) is 5.02 Å². The number of benzene rings is 1. The Bertz CT molecular complexity index is 809. The molecule has 1 heterocycles. The van der Waals surface area contributed by atoms with Gasteiger partial charge in [0.1, 0.15) is 5.03 Å². The van der Waals surface area contributed by atoms with Crippen molar-refractivity contribution in [3.63, 3.8) is 0 Å². The van der Waals surface area contributed by atoms with Crippen LogP contribution < -0.4 is 5.32 Å². The normalized spacial score (nSPS) is 12.1. The third kappa shape index (κ3) is 5.04. The number of thioether (sulfide) groups is 1. The van der Waals surface area contributed by atoms with Crippen molar-refractivity contribution < 1.29 is 31.1 Å². The number of aromatic nitrogens is 1. The number of pyridine rings is 1. The van der Waals surface area contributed by atoms with E-state index in [1.54, 1.807) is 0 Å². The molecule has 1 aromatic carbocycles. The smallest absolute Gasteiger partial charge is 0.343 e. The van der Waals surface area contributed by atoms with Crippen LogP contribution in [0.5, 0.6) is 0 Å². The van der Waals surface area contributed by atoms with Gasteiger partial charge in [0.2, 0.25) is 0 Å². The molecule has 0 aliphatic rings. The second kappa shape index (κ2) is 7.75. The summed E-state index contributed by atoms with van der Waals surface area (Å²) >= 11 is 6.49. The minimum Gasteiger partial charge on any atom is -0.343 e. The van der Waals surface area contributed by atoms with Gasteiger partial charge < -0.3 is 5.32 Å². The number of hydrogen-bond donors (Lipinski definition) is 1. The van der Waals surface area contributed by atoms with Crippen LogP contribution in [-0.4, -0.2) is 16.8 Å². The van der Waals surface area contributed by atoms with Crippen LogP contribution in [0.3, 0.4) is 0 Å². The number of rotatable bonds is 4. The molecular weight excluding hydrogens is 406 g/mol. The molecular formula is C15H9ClF6N2OS. The van der Waals surface area contributed by atoms with Crippen LogP contribution in [0, 0.1) is 0 Å². The second-order valence-electron chi connectivity index (χ2n) is 4.85. The van der Waals surface area contributed by atoms with Gasteiger partial charge >= 0.3 is 12.4 Å². The Kier molecular flexibility index (Phi) is 6.07. The quantitative estimate of drug-likeness (QED) is 0.422. The molecule has 26 heavy (non-hydrogen) atoms. The van der Waals surface area contributed by atoms with Crippen molar-refractivity contribution in [2.24, 2.45) is 0 Å². The Labute approximate surface area is 152 Å². The van der Waals surface area contributed by atoms with E-state index >= 15 is 0 Å². The van der Waals surface area contributed by atoms with E-state index in [2.05, 4.69) is 10.3 Å². The number of carbonyl (C=O) groups is 1. The lowest BCUT2D eigenvalue weighted by Crippen LogP contribution is -2.26. The predicted molar refractivity (Wildman–Crippen MR) is 83.9 cm³/mol. The summed E-state index contributed by atoms with van der Waals surface area (Å²) in [7, 11) is 0. The summed E-state index contributed by atoms with van der Waals surface area (Å²) < 4.78 is 76.2. The van der Waals surface area contributed by atoms with E-state index in [1.807, 2.05) is 0 Å². The Hall–Kier alpha value is -1.94. The van der Waals surface area contributed by atoms with Crippen LogP contribution in [0.25, 0.3) is 0 Å². The monoisotopic (exact) mass is 414 g/mol. The minimum absolute atomic E-state index is 0.00377. The van der Waals surface area contributed by atoms with E-state index in [1.165, 1.54) is 6.07 Å². The molecule has 0 radical (unpaired) electrons. The van der Waals surface area contributed by atoms with Gasteiger partial charge in [0, 0.05) is 6.20 Å². The van der Waals surface area contributed by atoms with E-state index in [0.717, 1.165) is 30.0 Å². The molecule has 140 valence electrons. The van der Waals surface area contributed by atoms with Gasteiger partial charge in [-0.25, -0.2) is 4.98 Å². The van der Waals surface area contributed by atoms with Gasteiger partial charge in [-0.3, -0.25) is 4.79 Å². The highest BCUT2D eigenvalue weighted by atomic mass is 35.5. The first-order valence-corrected chi connectivity index (χ1v) is 8.16. The van der Waals surface area contributed by atoms with E-state index in [-0.39, 0.29) is 15.9 Å². The lowest BCUT2D eigenvalue weighted by Gasteiger charge is -2.13. The zero-order valence-corrected chi connectivity index (χ0v) is 14.2. The molecule has 0 aliphatic carbocycles. The molecule has 0 fully saturated rings. The fourth-order valence-electron chi connectivity index (χ4n) is 1.88. The number of amides is 1. The number of carbonyl (C=O) groups excluding carboxylic acids is 1. The van der Waals surface area contributed by atoms with Gasteiger partial charge in [-0.15, -0.1) is 0 Å². The molecule has 1 amide bonds. The van der Waals surface area contributed by atoms with Crippen molar-refractivity contribution in [1.82, 2.24) is 10.3 Å². The highest BCUT2D eigenvalue weighted by Crippen LogP contribution is 2.34. The lowest BCUT2D eigenvalue weighted by molar-refractivity contribution is -0.138. The van der Waals surface area contributed by atoms with Gasteiger partial charge in [-0.2, -0.15) is 26.3 Å². The summed E-state index contributed by atoms with van der Waals surface area (Å²) in [5, 5.41) is 1.96. The zero-order chi connectivity index (χ0) is 19.5. The molecule has 0 unspecified atom stereocenters. The third-order valence-electron chi connectivity index (χ3n) is 3.05. The summed E-state index contributed by atoms with van der Waals surface area (Å²) in [5.41, 5.74) is -2.68. The Morgan fingerprint density at radius 1 is 1.12 bits per heavy atom. The van der Waals surface area contributed by atoms with Crippen molar-refractivity contribution in [2.75, 3.05) is 5.88 Å². The van der Waals surface area contributed by atoms with E-state index in [4.69, 9.17) is 11.6 Å². The van der Waals surface area contributed by atoms with Crippen LogP contribution in [0.4, 0.5) is 26.3 Å². The van der Waals surface area contributed by atoms with Gasteiger partial charge in [0.05, 0.1) is 27.6 Å². The summed E-state index contributed by atoms with van der Waals surface area (Å²) in [6.07, 6.45) is -8.72. The fourth-order valence-corrected chi connectivity index (χ4v) is 2.87. The van der Waals surface area contributed by atoms with Crippen LogP contribution in [0.1, 0.15) is 21.5 Å². The highest BCUT2D eigenvalue weighted by Gasteiger charge is 2.35. The standard InChI is InChI=1S/C15H9ClF6N2OS/c16-11-5-8(14(17,18)19)6-23-13(11)26-7-24-12(25)9-3-1-2-4-10(9)15(20,21)22/h1-6H,7H2,(H,24,25). The van der Waals surface area contributed by atoms with Crippen LogP contribution in [0.15, 0.2) is 41.6 Å². The van der Waals surface area contributed by atoms with Crippen molar-refractivity contribution in [2.45, 2.75) is 17.4 Å². The maximum Gasteiger partial charge on any atom is 0.417 e. The molecule has 0 aliphatic heterocycles. The summed E-state index contributed by atoms with van der Waals surface area (Å²) in [6.45, 7) is 0. The number of alkyl halides is 6. The SMILES string of the molecule is O=C(NCSc1ncc(C(F)(F)F)cc1Cl)c1ccccc1C(F)(F)F. The molecule has 0 spiro atoms. The highest BCUT2D eigenvalue weighted by molar-refractivity contribution is 7.99. The first-order chi connectivity index (χ1) is 12.0. The van der Waals surface area contributed by atoms with Gasteiger partial charge in [0.15, 0.2) is 0 Å². The van der Waals surface area contributed by atoms with E-state index < -0.39 is 35.0 Å². The Balaban J connectivity index is 2.04. The number of halogens is 7. The Morgan fingerprint density at radius 3 is 2.35 bits per heavy atom. The first-order valence-electron chi connectivity index (χ1n) is 6.80. The molecule has 0 saturated carbocycles. The lowest BCUT2D eigenvalue weighted by atomic mass is 10.1. The first kappa shape index (κ1) is 20.4. The van der Waals surface area contributed by atoms with Gasteiger partial charge in [-0.1, -0.05) is 35.5 Å². The average molecular weight is 415 g/mol. The average Bonchev–Trinajstić information content (AvgIpc) is 2.54. The molecule has 2 aromatic rings. The molecule has 1 aromatic heterocycles. The third-order valence-corrected chi connectivity index (χ3v) is 4.34. The largest absolute Gasteiger partial charge is 0.417 e. The maximum atomic E-state index is 12.9. The zero-order valence-electron chi connectivity index (χ0n) is 12.6. The molecule has 11 heteroatoms. The fraction of sp³-hybridized carbons (Fsp3) is 0.200. The summed E-state index contributed by atoms with van der Waals surface area (Å²) in [5.74, 6) is -1.21. The minimum atomic E-state index is -4.70.